The lowest BCUT2D eigenvalue weighted by Crippen LogP contribution is -2.53. The molecule has 1 aliphatic heterocycles. The van der Waals surface area contributed by atoms with Crippen LogP contribution in [-0.4, -0.2) is 50.3 Å². The van der Waals surface area contributed by atoms with Crippen molar-refractivity contribution in [3.05, 3.63) is 29.0 Å². The SMILES string of the molecule is NC1(CO)CCN(c2nc(-c3cnccn3)nc3sc4c(c23)CCCC4)CC1. The molecule has 1 saturated heterocycles. The van der Waals surface area contributed by atoms with Crippen molar-refractivity contribution in [2.45, 2.75) is 44.1 Å². The summed E-state index contributed by atoms with van der Waals surface area (Å²) in [7, 11) is 0. The number of rotatable bonds is 3. The summed E-state index contributed by atoms with van der Waals surface area (Å²) >= 11 is 1.80. The van der Waals surface area contributed by atoms with Crippen molar-refractivity contribution in [3.8, 4) is 11.5 Å². The lowest BCUT2D eigenvalue weighted by molar-refractivity contribution is 0.170. The lowest BCUT2D eigenvalue weighted by Gasteiger charge is -2.39. The summed E-state index contributed by atoms with van der Waals surface area (Å²) < 4.78 is 0. The van der Waals surface area contributed by atoms with Crippen molar-refractivity contribution in [1.82, 2.24) is 19.9 Å². The Hall–Kier alpha value is -2.16. The number of aryl methyl sites for hydroxylation is 2. The van der Waals surface area contributed by atoms with Crippen LogP contribution in [0.5, 0.6) is 0 Å². The minimum Gasteiger partial charge on any atom is -0.394 e. The van der Waals surface area contributed by atoms with Gasteiger partial charge in [-0.3, -0.25) is 4.98 Å². The number of nitrogens with zero attached hydrogens (tertiary/aromatic N) is 5. The molecule has 146 valence electrons. The van der Waals surface area contributed by atoms with Crippen LogP contribution in [0.25, 0.3) is 21.7 Å². The Morgan fingerprint density at radius 3 is 2.71 bits per heavy atom. The molecule has 0 unspecified atom stereocenters. The van der Waals surface area contributed by atoms with Crippen molar-refractivity contribution in [2.75, 3.05) is 24.6 Å². The minimum absolute atomic E-state index is 0.0265. The third kappa shape index (κ3) is 3.05. The third-order valence-corrected chi connectivity index (χ3v) is 7.15. The van der Waals surface area contributed by atoms with Gasteiger partial charge in [0.15, 0.2) is 5.82 Å². The van der Waals surface area contributed by atoms with Crippen LogP contribution < -0.4 is 10.6 Å². The summed E-state index contributed by atoms with van der Waals surface area (Å²) in [5.41, 5.74) is 7.94. The monoisotopic (exact) mass is 396 g/mol. The highest BCUT2D eigenvalue weighted by atomic mass is 32.1. The van der Waals surface area contributed by atoms with E-state index in [4.69, 9.17) is 15.7 Å². The molecule has 0 radical (unpaired) electrons. The van der Waals surface area contributed by atoms with Gasteiger partial charge in [0.25, 0.3) is 0 Å². The molecule has 5 rings (SSSR count). The molecule has 0 saturated carbocycles. The molecule has 3 N–H and O–H groups in total. The van der Waals surface area contributed by atoms with Gasteiger partial charge in [0, 0.05) is 35.9 Å². The second-order valence-corrected chi connectivity index (χ2v) is 8.94. The number of hydrogen-bond acceptors (Lipinski definition) is 8. The molecule has 0 amide bonds. The number of thiophene rings is 1. The summed E-state index contributed by atoms with van der Waals surface area (Å²) in [6.07, 6.45) is 11.2. The van der Waals surface area contributed by atoms with Gasteiger partial charge in [0.1, 0.15) is 16.3 Å². The summed E-state index contributed by atoms with van der Waals surface area (Å²) in [5, 5.41) is 10.8. The number of piperidine rings is 1. The van der Waals surface area contributed by atoms with Crippen LogP contribution in [0.1, 0.15) is 36.1 Å². The molecule has 2 aliphatic rings. The summed E-state index contributed by atoms with van der Waals surface area (Å²) in [5.74, 6) is 1.62. The Labute approximate surface area is 167 Å². The normalized spacial score (nSPS) is 19.0. The van der Waals surface area contributed by atoms with Crippen LogP contribution in [0, 0.1) is 0 Å². The topological polar surface area (TPSA) is 101 Å². The standard InChI is InChI=1S/C20H24N6OS/c21-20(12-27)5-9-26(10-6-20)18-16-13-3-1-2-4-15(13)28-19(16)25-17(24-18)14-11-22-7-8-23-14/h7-8,11,27H,1-6,9-10,12,21H2. The van der Waals surface area contributed by atoms with E-state index in [1.54, 1.807) is 29.9 Å². The Kier molecular flexibility index (Phi) is 4.49. The van der Waals surface area contributed by atoms with E-state index in [0.717, 1.165) is 49.4 Å². The molecule has 8 heteroatoms. The second kappa shape index (κ2) is 7.02. The summed E-state index contributed by atoms with van der Waals surface area (Å²) in [4.78, 5) is 23.2. The molecular weight excluding hydrogens is 372 g/mol. The molecule has 7 nitrogen and oxygen atoms in total. The van der Waals surface area contributed by atoms with Crippen LogP contribution in [0.15, 0.2) is 18.6 Å². The van der Waals surface area contributed by atoms with Gasteiger partial charge in [-0.1, -0.05) is 0 Å². The molecule has 0 spiro atoms. The molecule has 4 heterocycles. The van der Waals surface area contributed by atoms with Gasteiger partial charge in [-0.2, -0.15) is 0 Å². The lowest BCUT2D eigenvalue weighted by atomic mass is 9.89. The fraction of sp³-hybridized carbons (Fsp3) is 0.500. The number of aromatic nitrogens is 4. The zero-order valence-electron chi connectivity index (χ0n) is 15.8. The van der Waals surface area contributed by atoms with Crippen LogP contribution in [0.3, 0.4) is 0 Å². The highest BCUT2D eigenvalue weighted by Crippen LogP contribution is 2.41. The first-order valence-corrected chi connectivity index (χ1v) is 10.7. The summed E-state index contributed by atoms with van der Waals surface area (Å²) in [6.45, 7) is 1.60. The number of hydrogen-bond donors (Lipinski definition) is 2. The van der Waals surface area contributed by atoms with Gasteiger partial charge in [-0.25, -0.2) is 15.0 Å². The average Bonchev–Trinajstić information content (AvgIpc) is 3.13. The first kappa shape index (κ1) is 17.9. The Balaban J connectivity index is 1.64. The molecule has 1 aliphatic carbocycles. The number of fused-ring (bicyclic) bond motifs is 3. The zero-order valence-corrected chi connectivity index (χ0v) is 16.6. The second-order valence-electron chi connectivity index (χ2n) is 7.86. The van der Waals surface area contributed by atoms with Gasteiger partial charge >= 0.3 is 0 Å². The number of aliphatic hydroxyl groups excluding tert-OH is 1. The van der Waals surface area contributed by atoms with Gasteiger partial charge in [0.05, 0.1) is 18.2 Å². The van der Waals surface area contributed by atoms with Crippen LogP contribution >= 0.6 is 11.3 Å². The quantitative estimate of drug-likeness (QED) is 0.700. The van der Waals surface area contributed by atoms with Gasteiger partial charge in [-0.15, -0.1) is 11.3 Å². The van der Waals surface area contributed by atoms with Crippen molar-refractivity contribution < 1.29 is 5.11 Å². The molecule has 0 bridgehead atoms. The fourth-order valence-corrected chi connectivity index (χ4v) is 5.47. The van der Waals surface area contributed by atoms with E-state index in [9.17, 15) is 5.11 Å². The molecule has 3 aromatic heterocycles. The Morgan fingerprint density at radius 2 is 1.96 bits per heavy atom. The zero-order chi connectivity index (χ0) is 19.1. The van der Waals surface area contributed by atoms with Crippen molar-refractivity contribution in [1.29, 1.82) is 0 Å². The largest absolute Gasteiger partial charge is 0.394 e. The molecule has 0 aromatic carbocycles. The first-order valence-electron chi connectivity index (χ1n) is 9.90. The van der Waals surface area contributed by atoms with E-state index in [0.29, 0.717) is 11.5 Å². The van der Waals surface area contributed by atoms with E-state index >= 15 is 0 Å². The van der Waals surface area contributed by atoms with Gasteiger partial charge in [0.2, 0.25) is 0 Å². The van der Waals surface area contributed by atoms with Crippen molar-refractivity contribution in [2.24, 2.45) is 5.73 Å². The third-order valence-electron chi connectivity index (χ3n) is 5.96. The van der Waals surface area contributed by atoms with Crippen molar-refractivity contribution in [3.63, 3.8) is 0 Å². The van der Waals surface area contributed by atoms with E-state index in [1.807, 2.05) is 0 Å². The van der Waals surface area contributed by atoms with E-state index in [1.165, 1.54) is 28.7 Å². The maximum absolute atomic E-state index is 9.61. The predicted molar refractivity (Wildman–Crippen MR) is 111 cm³/mol. The number of aliphatic hydroxyl groups is 1. The van der Waals surface area contributed by atoms with E-state index in [-0.39, 0.29) is 6.61 Å². The van der Waals surface area contributed by atoms with Gasteiger partial charge < -0.3 is 15.7 Å². The maximum atomic E-state index is 9.61. The first-order chi connectivity index (χ1) is 13.7. The molecule has 1 fully saturated rings. The predicted octanol–water partition coefficient (Wildman–Crippen LogP) is 2.32. The van der Waals surface area contributed by atoms with E-state index < -0.39 is 5.54 Å². The summed E-state index contributed by atoms with van der Waals surface area (Å²) in [6, 6.07) is 0. The highest BCUT2D eigenvalue weighted by molar-refractivity contribution is 7.19. The molecular formula is C20H24N6OS. The highest BCUT2D eigenvalue weighted by Gasteiger charge is 2.32. The molecule has 0 atom stereocenters. The number of anilines is 1. The maximum Gasteiger partial charge on any atom is 0.183 e. The van der Waals surface area contributed by atoms with Crippen LogP contribution in [-0.2, 0) is 12.8 Å². The molecule has 3 aromatic rings. The minimum atomic E-state index is -0.482. The van der Waals surface area contributed by atoms with Crippen LogP contribution in [0.2, 0.25) is 0 Å². The Morgan fingerprint density at radius 1 is 1.14 bits per heavy atom. The van der Waals surface area contributed by atoms with Crippen LogP contribution in [0.4, 0.5) is 5.82 Å². The van der Waals surface area contributed by atoms with Gasteiger partial charge in [-0.05, 0) is 44.1 Å². The smallest absolute Gasteiger partial charge is 0.183 e. The number of nitrogens with two attached hydrogens (primary N) is 1. The van der Waals surface area contributed by atoms with E-state index in [2.05, 4.69) is 14.9 Å². The fourth-order valence-electron chi connectivity index (χ4n) is 4.22. The Bertz CT molecular complexity index is 997. The average molecular weight is 397 g/mol. The van der Waals surface area contributed by atoms with Crippen molar-refractivity contribution >= 4 is 27.4 Å². The molecule has 28 heavy (non-hydrogen) atoms.